The molecule has 0 fully saturated rings. The molecule has 2 N–H and O–H groups in total. The van der Waals surface area contributed by atoms with Crippen molar-refractivity contribution in [3.63, 3.8) is 0 Å². The van der Waals surface area contributed by atoms with Crippen LogP contribution in [0.15, 0.2) is 23.3 Å². The van der Waals surface area contributed by atoms with Crippen LogP contribution in [0.3, 0.4) is 0 Å². The van der Waals surface area contributed by atoms with Crippen LogP contribution in [0.5, 0.6) is 0 Å². The average molecular weight is 280 g/mol. The standard InChI is InChI=1S/C8H2BF5N2O3/c10-3-4(11)6(13)8(2-16,19-9(17)18)7(14,1-15)5(3)12/h17-18H. The van der Waals surface area contributed by atoms with Gasteiger partial charge in [0, 0.05) is 0 Å². The molecule has 2 unspecified atom stereocenters. The highest BCUT2D eigenvalue weighted by atomic mass is 19.2. The van der Waals surface area contributed by atoms with Crippen molar-refractivity contribution < 1.29 is 36.7 Å². The van der Waals surface area contributed by atoms with E-state index >= 15 is 0 Å². The summed E-state index contributed by atoms with van der Waals surface area (Å²) in [6.07, 6.45) is 0. The highest BCUT2D eigenvalue weighted by Crippen LogP contribution is 2.50. The number of nitrogens with zero attached hydrogens (tertiary/aromatic N) is 2. The van der Waals surface area contributed by atoms with Gasteiger partial charge in [-0.05, 0) is 0 Å². The molecule has 0 heterocycles. The van der Waals surface area contributed by atoms with Gasteiger partial charge in [0.15, 0.2) is 23.3 Å². The van der Waals surface area contributed by atoms with Gasteiger partial charge in [-0.2, -0.15) is 10.5 Å². The van der Waals surface area contributed by atoms with Crippen molar-refractivity contribution >= 4 is 7.32 Å². The van der Waals surface area contributed by atoms with Crippen LogP contribution in [0.25, 0.3) is 0 Å². The summed E-state index contributed by atoms with van der Waals surface area (Å²) in [5.41, 5.74) is -8.46. The summed E-state index contributed by atoms with van der Waals surface area (Å²) in [5.74, 6) is -10.7. The quantitative estimate of drug-likeness (QED) is 0.575. The molecule has 2 atom stereocenters. The van der Waals surface area contributed by atoms with Gasteiger partial charge in [-0.15, -0.1) is 0 Å². The molecule has 0 aromatic rings. The van der Waals surface area contributed by atoms with Gasteiger partial charge in [0.05, 0.1) is 0 Å². The third kappa shape index (κ3) is 1.79. The van der Waals surface area contributed by atoms with Gasteiger partial charge in [0.25, 0.3) is 11.3 Å². The summed E-state index contributed by atoms with van der Waals surface area (Å²) in [6, 6.07) is 0.977. The Morgan fingerprint density at radius 3 is 1.84 bits per heavy atom. The average Bonchev–Trinajstić information content (AvgIpc) is 2.38. The number of hydrogen-bond donors (Lipinski definition) is 2. The zero-order chi connectivity index (χ0) is 15.0. The minimum absolute atomic E-state index is 0.409. The molecule has 0 spiro atoms. The first kappa shape index (κ1) is 15.1. The molecule has 100 valence electrons. The maximum atomic E-state index is 14.0. The van der Waals surface area contributed by atoms with Crippen LogP contribution in [0.1, 0.15) is 0 Å². The number of nitriles is 2. The molecule has 1 aliphatic rings. The molecule has 1 aliphatic carbocycles. The van der Waals surface area contributed by atoms with Gasteiger partial charge in [0.1, 0.15) is 12.1 Å². The van der Waals surface area contributed by atoms with E-state index in [1.54, 1.807) is 0 Å². The van der Waals surface area contributed by atoms with Crippen LogP contribution in [0.4, 0.5) is 22.0 Å². The van der Waals surface area contributed by atoms with E-state index in [0.717, 1.165) is 0 Å². The van der Waals surface area contributed by atoms with Gasteiger partial charge in [-0.1, -0.05) is 0 Å². The zero-order valence-corrected chi connectivity index (χ0v) is 8.66. The van der Waals surface area contributed by atoms with E-state index in [4.69, 9.17) is 20.6 Å². The van der Waals surface area contributed by atoms with Gasteiger partial charge in [0.2, 0.25) is 0 Å². The highest BCUT2D eigenvalue weighted by molar-refractivity contribution is 6.33. The van der Waals surface area contributed by atoms with Gasteiger partial charge >= 0.3 is 7.32 Å². The monoisotopic (exact) mass is 280 g/mol. The number of halogens is 5. The number of rotatable bonds is 2. The van der Waals surface area contributed by atoms with Crippen LogP contribution >= 0.6 is 0 Å². The Balaban J connectivity index is 3.71. The lowest BCUT2D eigenvalue weighted by atomic mass is 9.79. The summed E-state index contributed by atoms with van der Waals surface area (Å²) in [6.45, 7) is 0. The minimum atomic E-state index is -4.44. The lowest BCUT2D eigenvalue weighted by Crippen LogP contribution is -2.57. The minimum Gasteiger partial charge on any atom is -0.402 e. The SMILES string of the molecule is N#CC1(F)C(F)=C(F)C(F)=C(F)C1(C#N)OB(O)O. The van der Waals surface area contributed by atoms with Crippen molar-refractivity contribution in [2.75, 3.05) is 0 Å². The van der Waals surface area contributed by atoms with Crippen LogP contribution in [0, 0.1) is 22.7 Å². The summed E-state index contributed by atoms with van der Waals surface area (Å²) < 4.78 is 70.3. The normalized spacial score (nSPS) is 31.0. The second-order valence-corrected chi connectivity index (χ2v) is 3.26. The largest absolute Gasteiger partial charge is 0.635 e. The number of hydrogen-bond acceptors (Lipinski definition) is 5. The third-order valence-corrected chi connectivity index (χ3v) is 2.27. The fourth-order valence-corrected chi connectivity index (χ4v) is 1.38. The van der Waals surface area contributed by atoms with Crippen molar-refractivity contribution in [2.24, 2.45) is 0 Å². The number of allylic oxidation sites excluding steroid dienone is 2. The lowest BCUT2D eigenvalue weighted by Gasteiger charge is -2.35. The van der Waals surface area contributed by atoms with Gasteiger partial charge in [-0.25, -0.2) is 22.0 Å². The highest BCUT2D eigenvalue weighted by Gasteiger charge is 2.68. The number of alkyl halides is 1. The molecular weight excluding hydrogens is 278 g/mol. The van der Waals surface area contributed by atoms with Crippen molar-refractivity contribution in [1.29, 1.82) is 10.5 Å². The Morgan fingerprint density at radius 1 is 1.00 bits per heavy atom. The molecule has 19 heavy (non-hydrogen) atoms. The van der Waals surface area contributed by atoms with E-state index in [1.807, 2.05) is 0 Å². The molecule has 0 saturated carbocycles. The van der Waals surface area contributed by atoms with Crippen molar-refractivity contribution in [2.45, 2.75) is 11.3 Å². The summed E-state index contributed by atoms with van der Waals surface area (Å²) >= 11 is 0. The van der Waals surface area contributed by atoms with Crippen molar-refractivity contribution in [1.82, 2.24) is 0 Å². The molecule has 0 aromatic carbocycles. The van der Waals surface area contributed by atoms with E-state index in [9.17, 15) is 22.0 Å². The lowest BCUT2D eigenvalue weighted by molar-refractivity contribution is -0.0253. The molecule has 0 radical (unpaired) electrons. The van der Waals surface area contributed by atoms with Crippen LogP contribution in [-0.2, 0) is 4.65 Å². The molecule has 0 aromatic heterocycles. The van der Waals surface area contributed by atoms with E-state index in [1.165, 1.54) is 0 Å². The molecule has 5 nitrogen and oxygen atoms in total. The summed E-state index contributed by atoms with van der Waals surface area (Å²) in [5, 5.41) is 34.0. The molecule has 1 rings (SSSR count). The van der Waals surface area contributed by atoms with Crippen molar-refractivity contribution in [3.05, 3.63) is 23.3 Å². The smallest absolute Gasteiger partial charge is 0.402 e. The maximum Gasteiger partial charge on any atom is 0.635 e. The molecule has 0 bridgehead atoms. The predicted molar refractivity (Wildman–Crippen MR) is 47.6 cm³/mol. The molecule has 11 heteroatoms. The Bertz CT molecular complexity index is 566. The summed E-state index contributed by atoms with van der Waals surface area (Å²) in [4.78, 5) is 0. The van der Waals surface area contributed by atoms with E-state index in [0.29, 0.717) is 12.1 Å². The Morgan fingerprint density at radius 2 is 1.47 bits per heavy atom. The fourth-order valence-electron chi connectivity index (χ4n) is 1.38. The Labute approximate surface area is 102 Å². The van der Waals surface area contributed by atoms with E-state index < -0.39 is 41.9 Å². The molecule has 0 amide bonds. The molecule has 0 saturated heterocycles. The van der Waals surface area contributed by atoms with Gasteiger partial charge < -0.3 is 14.7 Å². The first-order chi connectivity index (χ1) is 8.67. The second-order valence-electron chi connectivity index (χ2n) is 3.26. The molecular formula is C8H2BF5N2O3. The Kier molecular flexibility index (Phi) is 3.68. The zero-order valence-electron chi connectivity index (χ0n) is 8.66. The van der Waals surface area contributed by atoms with Crippen LogP contribution in [0.2, 0.25) is 0 Å². The van der Waals surface area contributed by atoms with E-state index in [2.05, 4.69) is 4.65 Å². The maximum absolute atomic E-state index is 14.0. The van der Waals surface area contributed by atoms with Crippen LogP contribution in [-0.4, -0.2) is 28.6 Å². The second kappa shape index (κ2) is 4.62. The Hall–Kier alpha value is -1.95. The fraction of sp³-hybridized carbons (Fsp3) is 0.250. The first-order valence-electron chi connectivity index (χ1n) is 4.35. The van der Waals surface area contributed by atoms with Crippen molar-refractivity contribution in [3.8, 4) is 12.1 Å². The summed E-state index contributed by atoms with van der Waals surface area (Å²) in [7, 11) is -3.06. The van der Waals surface area contributed by atoms with Gasteiger partial charge in [-0.3, -0.25) is 0 Å². The van der Waals surface area contributed by atoms with E-state index in [-0.39, 0.29) is 0 Å². The third-order valence-electron chi connectivity index (χ3n) is 2.27. The first-order valence-corrected chi connectivity index (χ1v) is 4.35. The van der Waals surface area contributed by atoms with Crippen LogP contribution < -0.4 is 0 Å². The topological polar surface area (TPSA) is 97.3 Å². The predicted octanol–water partition coefficient (Wildman–Crippen LogP) is 0.782. The molecule has 0 aliphatic heterocycles.